The summed E-state index contributed by atoms with van der Waals surface area (Å²) in [5, 5.41) is 14.3. The number of aliphatic hydroxyl groups excluding tert-OH is 1. The molecule has 2 rings (SSSR count). The highest BCUT2D eigenvalue weighted by Gasteiger charge is 2.25. The molecular weight excluding hydrogens is 332 g/mol. The summed E-state index contributed by atoms with van der Waals surface area (Å²) in [5.74, 6) is -0.276. The number of rotatable bonds is 11. The molecule has 0 fully saturated rings. The molecule has 0 radical (unpaired) electrons. The van der Waals surface area contributed by atoms with Crippen molar-refractivity contribution in [2.24, 2.45) is 5.16 Å². The predicted molar refractivity (Wildman–Crippen MR) is 101 cm³/mol. The van der Waals surface area contributed by atoms with Gasteiger partial charge >= 0.3 is 5.97 Å². The van der Waals surface area contributed by atoms with E-state index in [2.05, 4.69) is 11.7 Å². The number of nitrogens with zero attached hydrogens (tertiary/aromatic N) is 2. The van der Waals surface area contributed by atoms with E-state index in [0.29, 0.717) is 26.1 Å². The lowest BCUT2D eigenvalue weighted by Gasteiger charge is -2.25. The van der Waals surface area contributed by atoms with Crippen molar-refractivity contribution in [3.8, 4) is 0 Å². The maximum Gasteiger partial charge on any atom is 0.305 e. The molecule has 0 saturated carbocycles. The number of hydrogen-bond donors (Lipinski definition) is 1. The molecule has 1 N–H and O–H groups in total. The van der Waals surface area contributed by atoms with Crippen molar-refractivity contribution in [3.05, 3.63) is 48.6 Å². The molecule has 142 valence electrons. The van der Waals surface area contributed by atoms with Crippen molar-refractivity contribution in [1.29, 1.82) is 0 Å². The van der Waals surface area contributed by atoms with Crippen LogP contribution in [0.3, 0.4) is 0 Å². The van der Waals surface area contributed by atoms with Crippen molar-refractivity contribution in [2.45, 2.75) is 38.4 Å². The standard InChI is InChI=1S/C20H28N2O4/c1-3-8-20(24)25-15-17(23)13-22(11-4-2)14-18-12-19(21-26-18)16-9-6-5-7-10-16/h4-7,9-10,17-18,23H,2-3,8,11-15H2,1H3. The van der Waals surface area contributed by atoms with Gasteiger partial charge in [-0.25, -0.2) is 0 Å². The van der Waals surface area contributed by atoms with Crippen molar-refractivity contribution >= 4 is 11.7 Å². The Hall–Kier alpha value is -2.18. The SMILES string of the molecule is C=CCN(CC(O)COC(=O)CCC)CC1CC(c2ccccc2)=NO1. The topological polar surface area (TPSA) is 71.4 Å². The second kappa shape index (κ2) is 10.7. The molecule has 2 atom stereocenters. The first-order chi connectivity index (χ1) is 12.6. The van der Waals surface area contributed by atoms with Gasteiger partial charge in [-0.2, -0.15) is 0 Å². The van der Waals surface area contributed by atoms with Gasteiger partial charge in [-0.1, -0.05) is 48.5 Å². The van der Waals surface area contributed by atoms with E-state index in [-0.39, 0.29) is 18.7 Å². The zero-order chi connectivity index (χ0) is 18.8. The van der Waals surface area contributed by atoms with Gasteiger partial charge in [0.1, 0.15) is 18.8 Å². The van der Waals surface area contributed by atoms with Crippen LogP contribution in [-0.2, 0) is 14.4 Å². The number of oxime groups is 1. The predicted octanol–water partition coefficient (Wildman–Crippen LogP) is 2.37. The first-order valence-corrected chi connectivity index (χ1v) is 9.07. The third kappa shape index (κ3) is 6.61. The summed E-state index contributed by atoms with van der Waals surface area (Å²) in [6.45, 7) is 7.29. The van der Waals surface area contributed by atoms with Crippen LogP contribution in [0.15, 0.2) is 48.1 Å². The molecule has 2 unspecified atom stereocenters. The highest BCUT2D eigenvalue weighted by atomic mass is 16.6. The second-order valence-corrected chi connectivity index (χ2v) is 6.43. The van der Waals surface area contributed by atoms with Crippen LogP contribution in [0.25, 0.3) is 0 Å². The molecule has 1 aromatic carbocycles. The lowest BCUT2D eigenvalue weighted by Crippen LogP contribution is -2.40. The lowest BCUT2D eigenvalue weighted by atomic mass is 10.0. The minimum absolute atomic E-state index is 0.00374. The van der Waals surface area contributed by atoms with E-state index < -0.39 is 6.10 Å². The fourth-order valence-electron chi connectivity index (χ4n) is 2.84. The van der Waals surface area contributed by atoms with E-state index in [0.717, 1.165) is 24.1 Å². The molecule has 0 aliphatic carbocycles. The number of carbonyl (C=O) groups excluding carboxylic acids is 1. The number of benzene rings is 1. The summed E-state index contributed by atoms with van der Waals surface area (Å²) in [5.41, 5.74) is 2.00. The maximum absolute atomic E-state index is 11.4. The minimum Gasteiger partial charge on any atom is -0.463 e. The molecule has 0 spiro atoms. The van der Waals surface area contributed by atoms with Crippen molar-refractivity contribution in [3.63, 3.8) is 0 Å². The molecule has 1 heterocycles. The van der Waals surface area contributed by atoms with Gasteiger partial charge in [-0.3, -0.25) is 9.69 Å². The maximum atomic E-state index is 11.4. The highest BCUT2D eigenvalue weighted by molar-refractivity contribution is 6.01. The number of ether oxygens (including phenoxy) is 1. The normalized spacial score (nSPS) is 17.5. The molecule has 0 amide bonds. The Balaban J connectivity index is 1.79. The van der Waals surface area contributed by atoms with E-state index in [4.69, 9.17) is 9.57 Å². The Morgan fingerprint density at radius 1 is 1.50 bits per heavy atom. The first-order valence-electron chi connectivity index (χ1n) is 9.07. The quantitative estimate of drug-likeness (QED) is 0.485. The average molecular weight is 360 g/mol. The monoisotopic (exact) mass is 360 g/mol. The van der Waals surface area contributed by atoms with Crippen LogP contribution in [0.1, 0.15) is 31.7 Å². The third-order valence-electron chi connectivity index (χ3n) is 4.05. The van der Waals surface area contributed by atoms with Crippen molar-refractivity contribution in [2.75, 3.05) is 26.2 Å². The van der Waals surface area contributed by atoms with Gasteiger partial charge in [0.05, 0.1) is 5.71 Å². The Morgan fingerprint density at radius 2 is 2.27 bits per heavy atom. The average Bonchev–Trinajstić information content (AvgIpc) is 3.10. The summed E-state index contributed by atoms with van der Waals surface area (Å²) < 4.78 is 5.07. The summed E-state index contributed by atoms with van der Waals surface area (Å²) in [4.78, 5) is 19.0. The van der Waals surface area contributed by atoms with Gasteiger partial charge < -0.3 is 14.7 Å². The van der Waals surface area contributed by atoms with Crippen molar-refractivity contribution < 1.29 is 19.5 Å². The van der Waals surface area contributed by atoms with Gasteiger partial charge in [-0.15, -0.1) is 6.58 Å². The zero-order valence-electron chi connectivity index (χ0n) is 15.3. The van der Waals surface area contributed by atoms with Gasteiger partial charge in [0, 0.05) is 32.5 Å². The van der Waals surface area contributed by atoms with Crippen LogP contribution < -0.4 is 0 Å². The zero-order valence-corrected chi connectivity index (χ0v) is 15.3. The molecule has 0 aromatic heterocycles. The van der Waals surface area contributed by atoms with Crippen molar-refractivity contribution in [1.82, 2.24) is 4.90 Å². The van der Waals surface area contributed by atoms with Gasteiger partial charge in [0.25, 0.3) is 0 Å². The van der Waals surface area contributed by atoms with Crippen LogP contribution in [0.4, 0.5) is 0 Å². The van der Waals surface area contributed by atoms with E-state index in [1.165, 1.54) is 0 Å². The molecular formula is C20H28N2O4. The number of hydrogen-bond acceptors (Lipinski definition) is 6. The second-order valence-electron chi connectivity index (χ2n) is 6.43. The molecule has 1 aliphatic heterocycles. The van der Waals surface area contributed by atoms with Crippen LogP contribution in [-0.4, -0.2) is 60.1 Å². The van der Waals surface area contributed by atoms with Crippen LogP contribution >= 0.6 is 0 Å². The molecule has 0 saturated heterocycles. The minimum atomic E-state index is -0.744. The van der Waals surface area contributed by atoms with Crippen LogP contribution in [0.5, 0.6) is 0 Å². The van der Waals surface area contributed by atoms with E-state index >= 15 is 0 Å². The Kier molecular flexibility index (Phi) is 8.31. The van der Waals surface area contributed by atoms with E-state index in [9.17, 15) is 9.90 Å². The van der Waals surface area contributed by atoms with Crippen LogP contribution in [0.2, 0.25) is 0 Å². The molecule has 6 heteroatoms. The highest BCUT2D eigenvalue weighted by Crippen LogP contribution is 2.17. The number of aliphatic hydroxyl groups is 1. The van der Waals surface area contributed by atoms with E-state index in [1.54, 1.807) is 6.08 Å². The molecule has 1 aromatic rings. The summed E-state index contributed by atoms with van der Waals surface area (Å²) in [7, 11) is 0. The Bertz CT molecular complexity index is 603. The van der Waals surface area contributed by atoms with Gasteiger partial charge in [-0.05, 0) is 12.0 Å². The molecule has 0 bridgehead atoms. The Morgan fingerprint density at radius 3 is 2.96 bits per heavy atom. The summed E-state index contributed by atoms with van der Waals surface area (Å²) in [6, 6.07) is 9.95. The first kappa shape index (κ1) is 20.1. The van der Waals surface area contributed by atoms with Gasteiger partial charge in [0.2, 0.25) is 0 Å². The van der Waals surface area contributed by atoms with E-state index in [1.807, 2.05) is 42.2 Å². The molecule has 6 nitrogen and oxygen atoms in total. The molecule has 26 heavy (non-hydrogen) atoms. The fraction of sp³-hybridized carbons (Fsp3) is 0.500. The molecule has 1 aliphatic rings. The fourth-order valence-corrected chi connectivity index (χ4v) is 2.84. The largest absolute Gasteiger partial charge is 0.463 e. The van der Waals surface area contributed by atoms with Crippen LogP contribution in [0, 0.1) is 0 Å². The van der Waals surface area contributed by atoms with Gasteiger partial charge in [0.15, 0.2) is 0 Å². The Labute approximate surface area is 155 Å². The third-order valence-corrected chi connectivity index (χ3v) is 4.05. The summed E-state index contributed by atoms with van der Waals surface area (Å²) >= 11 is 0. The summed E-state index contributed by atoms with van der Waals surface area (Å²) in [6.07, 6.45) is 2.80. The number of esters is 1. The smallest absolute Gasteiger partial charge is 0.305 e. The lowest BCUT2D eigenvalue weighted by molar-refractivity contribution is -0.147. The number of carbonyl (C=O) groups is 1.